The van der Waals surface area contributed by atoms with Gasteiger partial charge in [-0.15, -0.1) is 0 Å². The van der Waals surface area contributed by atoms with E-state index >= 15 is 0 Å². The van der Waals surface area contributed by atoms with Crippen LogP contribution in [0.2, 0.25) is 0 Å². The van der Waals surface area contributed by atoms with E-state index in [1.165, 1.54) is 7.11 Å². The summed E-state index contributed by atoms with van der Waals surface area (Å²) in [5, 5.41) is 0. The molecule has 0 amide bonds. The Morgan fingerprint density at radius 1 is 1.23 bits per heavy atom. The van der Waals surface area contributed by atoms with Crippen molar-refractivity contribution in [3.63, 3.8) is 0 Å². The van der Waals surface area contributed by atoms with E-state index in [9.17, 15) is 4.79 Å². The molecule has 0 aliphatic carbocycles. The fourth-order valence-corrected chi connectivity index (χ4v) is 2.13. The van der Waals surface area contributed by atoms with Crippen LogP contribution in [0.5, 0.6) is 11.6 Å². The molecule has 22 heavy (non-hydrogen) atoms. The van der Waals surface area contributed by atoms with E-state index in [1.54, 1.807) is 31.2 Å². The quantitative estimate of drug-likeness (QED) is 0.900. The first-order chi connectivity index (χ1) is 10.5. The Balaban J connectivity index is 2.31. The maximum Gasteiger partial charge on any atom is 0.228 e. The molecule has 1 N–H and O–H groups in total. The van der Waals surface area contributed by atoms with E-state index in [-0.39, 0.29) is 5.43 Å². The molecule has 118 valence electrons. The lowest BCUT2D eigenvalue weighted by atomic mass is 10.2. The Morgan fingerprint density at radius 2 is 1.95 bits per heavy atom. The number of aryl methyl sites for hydroxylation is 2. The van der Waals surface area contributed by atoms with Crippen molar-refractivity contribution in [1.82, 2.24) is 15.0 Å². The maximum atomic E-state index is 12.3. The third-order valence-electron chi connectivity index (χ3n) is 3.28. The van der Waals surface area contributed by atoms with Gasteiger partial charge in [0.25, 0.3) is 0 Å². The standard InChI is InChI=1S/C15H20N4O3/c1-9-6-12(21-4)18-15(17-9)19(3)8-11-7-16-10(2)14(22-5)13(11)20/h6-7H,8H2,1-5H3,(H,16,20). The summed E-state index contributed by atoms with van der Waals surface area (Å²) in [6, 6.07) is 1.75. The number of methoxy groups -OCH3 is 2. The first-order valence-corrected chi connectivity index (χ1v) is 6.82. The van der Waals surface area contributed by atoms with Gasteiger partial charge in [-0.05, 0) is 13.8 Å². The number of H-pyrrole nitrogens is 1. The molecule has 0 aliphatic rings. The highest BCUT2D eigenvalue weighted by Crippen LogP contribution is 2.16. The van der Waals surface area contributed by atoms with Gasteiger partial charge in [0, 0.05) is 30.6 Å². The molecule has 0 saturated carbocycles. The molecule has 7 nitrogen and oxygen atoms in total. The van der Waals surface area contributed by atoms with Crippen LogP contribution >= 0.6 is 0 Å². The summed E-state index contributed by atoms with van der Waals surface area (Å²) >= 11 is 0. The minimum atomic E-state index is -0.134. The highest BCUT2D eigenvalue weighted by molar-refractivity contribution is 5.37. The summed E-state index contributed by atoms with van der Waals surface area (Å²) in [4.78, 5) is 25.8. The number of hydrogen-bond donors (Lipinski definition) is 1. The highest BCUT2D eigenvalue weighted by atomic mass is 16.5. The molecule has 0 atom stereocenters. The van der Waals surface area contributed by atoms with E-state index in [0.29, 0.717) is 35.4 Å². The Kier molecular flexibility index (Phi) is 4.65. The molecular weight excluding hydrogens is 284 g/mol. The number of nitrogens with zero attached hydrogens (tertiary/aromatic N) is 3. The second-order valence-electron chi connectivity index (χ2n) is 5.01. The first kappa shape index (κ1) is 15.8. The molecule has 0 fully saturated rings. The molecule has 2 aromatic rings. The van der Waals surface area contributed by atoms with Crippen LogP contribution < -0.4 is 19.8 Å². The zero-order chi connectivity index (χ0) is 16.3. The van der Waals surface area contributed by atoms with Gasteiger partial charge in [0.1, 0.15) is 0 Å². The molecule has 2 rings (SSSR count). The van der Waals surface area contributed by atoms with Crippen molar-refractivity contribution in [3.8, 4) is 11.6 Å². The maximum absolute atomic E-state index is 12.3. The summed E-state index contributed by atoms with van der Waals surface area (Å²) in [5.74, 6) is 1.31. The normalized spacial score (nSPS) is 10.4. The molecule has 0 aromatic carbocycles. The van der Waals surface area contributed by atoms with Gasteiger partial charge in [-0.25, -0.2) is 4.98 Å². The Morgan fingerprint density at radius 3 is 2.59 bits per heavy atom. The molecule has 0 bridgehead atoms. The van der Waals surface area contributed by atoms with E-state index in [2.05, 4.69) is 15.0 Å². The van der Waals surface area contributed by atoms with Crippen LogP contribution in [0.1, 0.15) is 17.0 Å². The monoisotopic (exact) mass is 304 g/mol. The largest absolute Gasteiger partial charge is 0.491 e. The smallest absolute Gasteiger partial charge is 0.228 e. The van der Waals surface area contributed by atoms with Crippen LogP contribution in [0.15, 0.2) is 17.1 Å². The van der Waals surface area contributed by atoms with Crippen molar-refractivity contribution in [2.45, 2.75) is 20.4 Å². The number of hydrogen-bond acceptors (Lipinski definition) is 6. The third kappa shape index (κ3) is 3.19. The average Bonchev–Trinajstić information content (AvgIpc) is 2.50. The molecule has 2 heterocycles. The minimum absolute atomic E-state index is 0.134. The van der Waals surface area contributed by atoms with Gasteiger partial charge >= 0.3 is 0 Å². The Labute approximate surface area is 128 Å². The van der Waals surface area contributed by atoms with Crippen molar-refractivity contribution in [2.24, 2.45) is 0 Å². The van der Waals surface area contributed by atoms with Gasteiger partial charge < -0.3 is 19.4 Å². The fraction of sp³-hybridized carbons (Fsp3) is 0.400. The van der Waals surface area contributed by atoms with Gasteiger partial charge in [0.2, 0.25) is 17.3 Å². The van der Waals surface area contributed by atoms with Crippen LogP contribution in [0.25, 0.3) is 0 Å². The zero-order valence-electron chi connectivity index (χ0n) is 13.4. The van der Waals surface area contributed by atoms with Crippen molar-refractivity contribution in [3.05, 3.63) is 39.4 Å². The predicted octanol–water partition coefficient (Wildman–Crippen LogP) is 1.44. The van der Waals surface area contributed by atoms with Crippen molar-refractivity contribution in [1.29, 1.82) is 0 Å². The molecule has 0 radical (unpaired) electrons. The van der Waals surface area contributed by atoms with E-state index in [1.807, 2.05) is 14.0 Å². The number of ether oxygens (including phenoxy) is 2. The van der Waals surface area contributed by atoms with Gasteiger partial charge in [0.05, 0.1) is 26.5 Å². The number of pyridine rings is 1. The lowest BCUT2D eigenvalue weighted by molar-refractivity contribution is 0.396. The van der Waals surface area contributed by atoms with Gasteiger partial charge in [0.15, 0.2) is 5.75 Å². The summed E-state index contributed by atoms with van der Waals surface area (Å²) < 4.78 is 10.3. The highest BCUT2D eigenvalue weighted by Gasteiger charge is 2.14. The lowest BCUT2D eigenvalue weighted by Crippen LogP contribution is -2.25. The van der Waals surface area contributed by atoms with Crippen LogP contribution in [0.3, 0.4) is 0 Å². The van der Waals surface area contributed by atoms with Crippen molar-refractivity contribution < 1.29 is 9.47 Å². The molecule has 0 aliphatic heterocycles. The third-order valence-corrected chi connectivity index (χ3v) is 3.28. The second kappa shape index (κ2) is 6.46. The molecule has 2 aromatic heterocycles. The summed E-state index contributed by atoms with van der Waals surface area (Å²) in [7, 11) is 4.86. The van der Waals surface area contributed by atoms with Crippen molar-refractivity contribution in [2.75, 3.05) is 26.2 Å². The van der Waals surface area contributed by atoms with Crippen LogP contribution in [-0.4, -0.2) is 36.2 Å². The molecule has 7 heteroatoms. The first-order valence-electron chi connectivity index (χ1n) is 6.82. The summed E-state index contributed by atoms with van der Waals surface area (Å²) in [5.41, 5.74) is 1.94. The van der Waals surface area contributed by atoms with Crippen molar-refractivity contribution >= 4 is 5.95 Å². The minimum Gasteiger partial charge on any atom is -0.491 e. The molecular formula is C15H20N4O3. The van der Waals surface area contributed by atoms with Crippen LogP contribution in [-0.2, 0) is 6.54 Å². The van der Waals surface area contributed by atoms with E-state index < -0.39 is 0 Å². The fourth-order valence-electron chi connectivity index (χ4n) is 2.13. The number of aromatic nitrogens is 3. The van der Waals surface area contributed by atoms with Crippen LogP contribution in [0, 0.1) is 13.8 Å². The lowest BCUT2D eigenvalue weighted by Gasteiger charge is -2.18. The number of rotatable bonds is 5. The van der Waals surface area contributed by atoms with E-state index in [0.717, 1.165) is 5.69 Å². The number of anilines is 1. The number of aromatic amines is 1. The summed E-state index contributed by atoms with van der Waals surface area (Å²) in [6.45, 7) is 4.02. The van der Waals surface area contributed by atoms with Crippen LogP contribution in [0.4, 0.5) is 5.95 Å². The van der Waals surface area contributed by atoms with Gasteiger partial charge in [-0.1, -0.05) is 0 Å². The topological polar surface area (TPSA) is 80.3 Å². The number of nitrogens with one attached hydrogen (secondary N) is 1. The van der Waals surface area contributed by atoms with Gasteiger partial charge in [-0.2, -0.15) is 4.98 Å². The average molecular weight is 304 g/mol. The molecule has 0 unspecified atom stereocenters. The second-order valence-corrected chi connectivity index (χ2v) is 5.01. The Bertz CT molecular complexity index is 727. The predicted molar refractivity (Wildman–Crippen MR) is 83.8 cm³/mol. The van der Waals surface area contributed by atoms with Gasteiger partial charge in [-0.3, -0.25) is 4.79 Å². The molecule has 0 saturated heterocycles. The van der Waals surface area contributed by atoms with E-state index in [4.69, 9.17) is 9.47 Å². The zero-order valence-corrected chi connectivity index (χ0v) is 13.4. The molecule has 0 spiro atoms. The SMILES string of the molecule is COc1cc(C)nc(N(C)Cc2c[nH]c(C)c(OC)c2=O)n1. The summed E-state index contributed by atoms with van der Waals surface area (Å²) in [6.07, 6.45) is 1.68. The Hall–Kier alpha value is -2.57.